The number of rotatable bonds is 4. The summed E-state index contributed by atoms with van der Waals surface area (Å²) < 4.78 is 10.3. The second-order valence-corrected chi connectivity index (χ2v) is 4.54. The molecule has 108 valence electrons. The number of carbonyl (C=O) groups is 1. The maximum Gasteiger partial charge on any atom is 0.237 e. The van der Waals surface area contributed by atoms with Crippen LogP contribution in [0.5, 0.6) is 11.5 Å². The lowest BCUT2D eigenvalue weighted by atomic mass is 9.91. The number of methoxy groups -OCH3 is 2. The molecule has 0 bridgehead atoms. The smallest absolute Gasteiger partial charge is 0.237 e. The Bertz CT molecular complexity index is 531. The molecule has 1 heterocycles. The molecule has 0 aliphatic carbocycles. The number of piperidine rings is 1. The molecule has 20 heavy (non-hydrogen) atoms. The van der Waals surface area contributed by atoms with Crippen LogP contribution in [0.2, 0.25) is 0 Å². The van der Waals surface area contributed by atoms with Gasteiger partial charge in [-0.2, -0.15) is 0 Å². The van der Waals surface area contributed by atoms with Crippen LogP contribution < -0.4 is 14.8 Å². The second-order valence-electron chi connectivity index (χ2n) is 4.54. The van der Waals surface area contributed by atoms with Gasteiger partial charge >= 0.3 is 0 Å². The van der Waals surface area contributed by atoms with Gasteiger partial charge in [-0.05, 0) is 12.1 Å². The minimum atomic E-state index is -0.852. The van der Waals surface area contributed by atoms with E-state index in [0.29, 0.717) is 17.1 Å². The fourth-order valence-electron chi connectivity index (χ4n) is 2.37. The van der Waals surface area contributed by atoms with Crippen molar-refractivity contribution in [1.29, 1.82) is 0 Å². The second kappa shape index (κ2) is 5.77. The third-order valence-corrected chi connectivity index (χ3v) is 3.41. The van der Waals surface area contributed by atoms with Gasteiger partial charge in [0.25, 0.3) is 0 Å². The normalized spacial score (nSPS) is 22.0. The molecule has 0 unspecified atom stereocenters. The first-order valence-electron chi connectivity index (χ1n) is 6.21. The van der Waals surface area contributed by atoms with Gasteiger partial charge in [0.1, 0.15) is 17.5 Å². The van der Waals surface area contributed by atoms with Crippen molar-refractivity contribution < 1.29 is 19.2 Å². The highest BCUT2D eigenvalue weighted by molar-refractivity contribution is 5.77. The van der Waals surface area contributed by atoms with Crippen molar-refractivity contribution in [1.82, 2.24) is 5.32 Å². The summed E-state index contributed by atoms with van der Waals surface area (Å²) in [6.45, 7) is 0. The molecule has 0 aromatic heterocycles. The van der Waals surface area contributed by atoms with Crippen molar-refractivity contribution in [2.75, 3.05) is 14.2 Å². The van der Waals surface area contributed by atoms with E-state index in [-0.39, 0.29) is 23.7 Å². The lowest BCUT2D eigenvalue weighted by Crippen LogP contribution is -2.45. The van der Waals surface area contributed by atoms with Crippen LogP contribution in [0.25, 0.3) is 0 Å². The van der Waals surface area contributed by atoms with Crippen LogP contribution in [0.1, 0.15) is 24.4 Å². The van der Waals surface area contributed by atoms with Crippen molar-refractivity contribution in [2.45, 2.75) is 24.9 Å². The van der Waals surface area contributed by atoms with Crippen molar-refractivity contribution in [3.8, 4) is 11.5 Å². The van der Waals surface area contributed by atoms with E-state index in [1.165, 1.54) is 14.2 Å². The molecule has 1 amide bonds. The number of benzene rings is 1. The molecule has 1 fully saturated rings. The predicted molar refractivity (Wildman–Crippen MR) is 70.4 cm³/mol. The minimum Gasteiger partial charge on any atom is -0.497 e. The molecule has 1 aliphatic heterocycles. The summed E-state index contributed by atoms with van der Waals surface area (Å²) in [6, 6.07) is 3.48. The molecule has 1 aliphatic rings. The summed E-state index contributed by atoms with van der Waals surface area (Å²) in [5.41, 5.74) is 0.586. The first-order valence-corrected chi connectivity index (χ1v) is 6.21. The third kappa shape index (κ3) is 2.66. The number of nitrogens with zero attached hydrogens (tertiary/aromatic N) is 1. The van der Waals surface area contributed by atoms with E-state index < -0.39 is 12.1 Å². The van der Waals surface area contributed by atoms with Crippen molar-refractivity contribution in [3.63, 3.8) is 0 Å². The Morgan fingerprint density at radius 3 is 2.70 bits per heavy atom. The molecule has 0 spiro atoms. The topological polar surface area (TPSA) is 90.7 Å². The fourth-order valence-corrected chi connectivity index (χ4v) is 2.37. The Hall–Kier alpha value is -2.31. The molecule has 1 aromatic carbocycles. The number of nitro groups is 1. The molecular weight excluding hydrogens is 264 g/mol. The number of hydrogen-bond donors (Lipinski definition) is 1. The summed E-state index contributed by atoms with van der Waals surface area (Å²) in [5.74, 6) is 0.861. The maximum atomic E-state index is 11.5. The first kappa shape index (κ1) is 14.1. The molecule has 1 N–H and O–H groups in total. The molecule has 1 aromatic rings. The van der Waals surface area contributed by atoms with Crippen LogP contribution in [-0.2, 0) is 4.79 Å². The summed E-state index contributed by atoms with van der Waals surface area (Å²) in [6.07, 6.45) is 0.388. The Kier molecular flexibility index (Phi) is 4.07. The SMILES string of the molecule is COc1ccc([C@H]2NC(=O)CC[C@H]2[N+](=O)[O-])c(OC)c1. The zero-order chi connectivity index (χ0) is 14.7. The van der Waals surface area contributed by atoms with Gasteiger partial charge in [-0.3, -0.25) is 14.9 Å². The highest BCUT2D eigenvalue weighted by Gasteiger charge is 2.39. The third-order valence-electron chi connectivity index (χ3n) is 3.41. The average Bonchev–Trinajstić information content (AvgIpc) is 2.46. The van der Waals surface area contributed by atoms with E-state index in [1.807, 2.05) is 0 Å². The largest absolute Gasteiger partial charge is 0.497 e. The highest BCUT2D eigenvalue weighted by atomic mass is 16.6. The molecule has 7 nitrogen and oxygen atoms in total. The molecule has 2 atom stereocenters. The number of nitrogens with one attached hydrogen (secondary N) is 1. The number of carbonyl (C=O) groups excluding carboxylic acids is 1. The maximum absolute atomic E-state index is 11.5. The van der Waals surface area contributed by atoms with Crippen molar-refractivity contribution in [3.05, 3.63) is 33.9 Å². The van der Waals surface area contributed by atoms with Gasteiger partial charge in [0.05, 0.1) is 14.2 Å². The number of ether oxygens (including phenoxy) is 2. The Morgan fingerprint density at radius 2 is 2.10 bits per heavy atom. The van der Waals surface area contributed by atoms with Gasteiger partial charge in [-0.25, -0.2) is 0 Å². The standard InChI is InChI=1S/C13H16N2O5/c1-19-8-3-4-9(11(7-8)20-2)13-10(15(17)18)5-6-12(16)14-13/h3-4,7,10,13H,5-6H2,1-2H3,(H,14,16)/t10-,13-/m1/s1. The molecule has 2 rings (SSSR count). The summed E-state index contributed by atoms with van der Waals surface area (Å²) in [5, 5.41) is 13.8. The van der Waals surface area contributed by atoms with Crippen molar-refractivity contribution >= 4 is 5.91 Å². The van der Waals surface area contributed by atoms with Crippen LogP contribution in [0, 0.1) is 10.1 Å². The van der Waals surface area contributed by atoms with Gasteiger partial charge in [-0.15, -0.1) is 0 Å². The molecule has 0 saturated carbocycles. The summed E-state index contributed by atoms with van der Waals surface area (Å²) in [4.78, 5) is 22.3. The Morgan fingerprint density at radius 1 is 1.35 bits per heavy atom. The Labute approximate surface area is 116 Å². The van der Waals surface area contributed by atoms with Gasteiger partial charge in [0.2, 0.25) is 11.9 Å². The van der Waals surface area contributed by atoms with Crippen LogP contribution in [-0.4, -0.2) is 31.1 Å². The molecule has 1 saturated heterocycles. The van der Waals surface area contributed by atoms with E-state index in [1.54, 1.807) is 18.2 Å². The van der Waals surface area contributed by atoms with Gasteiger partial charge in [-0.1, -0.05) is 0 Å². The monoisotopic (exact) mass is 280 g/mol. The van der Waals surface area contributed by atoms with E-state index >= 15 is 0 Å². The van der Waals surface area contributed by atoms with Crippen LogP contribution in [0.4, 0.5) is 0 Å². The lowest BCUT2D eigenvalue weighted by Gasteiger charge is -2.28. The zero-order valence-corrected chi connectivity index (χ0v) is 11.3. The van der Waals surface area contributed by atoms with Crippen LogP contribution >= 0.6 is 0 Å². The highest BCUT2D eigenvalue weighted by Crippen LogP contribution is 2.34. The fraction of sp³-hybridized carbons (Fsp3) is 0.462. The van der Waals surface area contributed by atoms with E-state index in [2.05, 4.69) is 5.32 Å². The first-order chi connectivity index (χ1) is 9.56. The van der Waals surface area contributed by atoms with Gasteiger partial charge < -0.3 is 14.8 Å². The number of amides is 1. The van der Waals surface area contributed by atoms with E-state index in [4.69, 9.17) is 9.47 Å². The molecule has 0 radical (unpaired) electrons. The van der Waals surface area contributed by atoms with Crippen molar-refractivity contribution in [2.24, 2.45) is 0 Å². The predicted octanol–water partition coefficient (Wildman–Crippen LogP) is 1.30. The van der Waals surface area contributed by atoms with Gasteiger partial charge in [0, 0.05) is 29.4 Å². The van der Waals surface area contributed by atoms with Gasteiger partial charge in [0.15, 0.2) is 0 Å². The molecule has 7 heteroatoms. The molecular formula is C13H16N2O5. The van der Waals surface area contributed by atoms with E-state index in [0.717, 1.165) is 0 Å². The van der Waals surface area contributed by atoms with Crippen LogP contribution in [0.3, 0.4) is 0 Å². The summed E-state index contributed by atoms with van der Waals surface area (Å²) >= 11 is 0. The Balaban J connectivity index is 2.40. The van der Waals surface area contributed by atoms with Crippen LogP contribution in [0.15, 0.2) is 18.2 Å². The van der Waals surface area contributed by atoms with E-state index in [9.17, 15) is 14.9 Å². The summed E-state index contributed by atoms with van der Waals surface area (Å²) in [7, 11) is 3.00. The lowest BCUT2D eigenvalue weighted by molar-refractivity contribution is -0.529. The zero-order valence-electron chi connectivity index (χ0n) is 11.3. The number of hydrogen-bond acceptors (Lipinski definition) is 5. The average molecular weight is 280 g/mol. The quantitative estimate of drug-likeness (QED) is 0.663. The minimum absolute atomic E-state index is 0.167.